The second-order valence-corrected chi connectivity index (χ2v) is 7.51. The lowest BCUT2D eigenvalue weighted by molar-refractivity contribution is 0.0589. The van der Waals surface area contributed by atoms with Crippen molar-refractivity contribution in [3.05, 3.63) is 70.0 Å². The lowest BCUT2D eigenvalue weighted by Gasteiger charge is -2.42. The summed E-state index contributed by atoms with van der Waals surface area (Å²) in [5.74, 6) is 0.525. The maximum atomic E-state index is 13.0. The fourth-order valence-corrected chi connectivity index (χ4v) is 4.43. The van der Waals surface area contributed by atoms with Gasteiger partial charge in [-0.3, -0.25) is 9.59 Å². The average molecular weight is 348 g/mol. The largest absolute Gasteiger partial charge is 0.336 e. The minimum absolute atomic E-state index is 0.0206. The molecule has 132 valence electrons. The molecule has 5 heterocycles. The minimum Gasteiger partial charge on any atom is -0.336 e. The van der Waals surface area contributed by atoms with Crippen molar-refractivity contribution < 1.29 is 4.79 Å². The number of hydrogen-bond acceptors (Lipinski definition) is 3. The van der Waals surface area contributed by atoms with E-state index in [1.807, 2.05) is 57.5 Å². The van der Waals surface area contributed by atoms with Gasteiger partial charge in [-0.15, -0.1) is 0 Å². The van der Waals surface area contributed by atoms with E-state index in [-0.39, 0.29) is 17.4 Å². The third-order valence-electron chi connectivity index (χ3n) is 5.59. The Labute approximate surface area is 150 Å². The standard InChI is InChI=1S/C20H20N4O2/c1-13-5-6-18-21-16(12-22(18)8-13)20(26)23-9-14-7-15(11-23)17-3-2-4-19(25)24(17)10-14/h2-6,8,12,14-15H,7,9-11H2,1H3/t14-,15+/m1/s1. The quantitative estimate of drug-likeness (QED) is 0.676. The molecule has 0 spiro atoms. The first-order valence-corrected chi connectivity index (χ1v) is 9.03. The van der Waals surface area contributed by atoms with Gasteiger partial charge in [0.15, 0.2) is 0 Å². The number of imidazole rings is 1. The molecule has 2 aliphatic heterocycles. The molecule has 6 heteroatoms. The number of amides is 1. The van der Waals surface area contributed by atoms with E-state index in [1.165, 1.54) is 0 Å². The third-order valence-corrected chi connectivity index (χ3v) is 5.59. The number of likely N-dealkylation sites (tertiary alicyclic amines) is 1. The second kappa shape index (κ2) is 5.56. The van der Waals surface area contributed by atoms with Crippen molar-refractivity contribution in [2.75, 3.05) is 13.1 Å². The lowest BCUT2D eigenvalue weighted by atomic mass is 9.83. The molecule has 0 N–H and O–H groups in total. The van der Waals surface area contributed by atoms with Crippen LogP contribution in [-0.2, 0) is 6.54 Å². The average Bonchev–Trinajstić information content (AvgIpc) is 3.05. The van der Waals surface area contributed by atoms with Crippen molar-refractivity contribution in [1.29, 1.82) is 0 Å². The molecule has 2 aliphatic rings. The Morgan fingerprint density at radius 3 is 2.88 bits per heavy atom. The van der Waals surface area contributed by atoms with E-state index in [4.69, 9.17) is 0 Å². The number of rotatable bonds is 1. The Kier molecular flexibility index (Phi) is 3.29. The Hall–Kier alpha value is -2.89. The van der Waals surface area contributed by atoms with Crippen LogP contribution >= 0.6 is 0 Å². The summed E-state index contributed by atoms with van der Waals surface area (Å²) in [5.41, 5.74) is 3.52. The van der Waals surface area contributed by atoms with Gasteiger partial charge in [0, 0.05) is 49.7 Å². The number of hydrogen-bond donors (Lipinski definition) is 0. The zero-order valence-corrected chi connectivity index (χ0v) is 14.6. The van der Waals surface area contributed by atoms with Gasteiger partial charge in [0.2, 0.25) is 0 Å². The zero-order chi connectivity index (χ0) is 17.8. The number of aryl methyl sites for hydroxylation is 1. The highest BCUT2D eigenvalue weighted by Crippen LogP contribution is 2.35. The summed E-state index contributed by atoms with van der Waals surface area (Å²) in [6.45, 7) is 4.04. The molecule has 5 rings (SSSR count). The van der Waals surface area contributed by atoms with E-state index in [2.05, 4.69) is 4.98 Å². The Bertz CT molecular complexity index is 1080. The van der Waals surface area contributed by atoms with E-state index in [9.17, 15) is 9.59 Å². The van der Waals surface area contributed by atoms with Crippen LogP contribution in [0.25, 0.3) is 5.65 Å². The zero-order valence-electron chi connectivity index (χ0n) is 14.6. The molecule has 0 saturated carbocycles. The van der Waals surface area contributed by atoms with E-state index in [0.717, 1.165) is 23.3 Å². The highest BCUT2D eigenvalue weighted by molar-refractivity contribution is 5.93. The highest BCUT2D eigenvalue weighted by Gasteiger charge is 2.36. The predicted molar refractivity (Wildman–Crippen MR) is 97.4 cm³/mol. The van der Waals surface area contributed by atoms with Gasteiger partial charge >= 0.3 is 0 Å². The Morgan fingerprint density at radius 1 is 1.12 bits per heavy atom. The first-order valence-electron chi connectivity index (χ1n) is 9.03. The van der Waals surface area contributed by atoms with Crippen LogP contribution < -0.4 is 5.56 Å². The van der Waals surface area contributed by atoms with Gasteiger partial charge in [-0.2, -0.15) is 0 Å². The number of piperidine rings is 1. The van der Waals surface area contributed by atoms with Crippen molar-refractivity contribution in [2.24, 2.45) is 5.92 Å². The smallest absolute Gasteiger partial charge is 0.274 e. The molecular formula is C20H20N4O2. The number of carbonyl (C=O) groups is 1. The molecule has 0 radical (unpaired) electrons. The highest BCUT2D eigenvalue weighted by atomic mass is 16.2. The van der Waals surface area contributed by atoms with Crippen LogP contribution in [0, 0.1) is 12.8 Å². The maximum Gasteiger partial charge on any atom is 0.274 e. The van der Waals surface area contributed by atoms with E-state index in [1.54, 1.807) is 6.07 Å². The first-order chi connectivity index (χ1) is 12.6. The van der Waals surface area contributed by atoms with Crippen LogP contribution in [0.15, 0.2) is 47.5 Å². The fourth-order valence-electron chi connectivity index (χ4n) is 4.43. The molecule has 0 unspecified atom stereocenters. The Balaban J connectivity index is 1.46. The number of carbonyl (C=O) groups excluding carboxylic acids is 1. The molecule has 2 bridgehead atoms. The first kappa shape index (κ1) is 15.4. The summed E-state index contributed by atoms with van der Waals surface area (Å²) in [7, 11) is 0. The summed E-state index contributed by atoms with van der Waals surface area (Å²) in [6, 6.07) is 9.38. The van der Waals surface area contributed by atoms with E-state index < -0.39 is 0 Å². The molecule has 26 heavy (non-hydrogen) atoms. The summed E-state index contributed by atoms with van der Waals surface area (Å²) in [4.78, 5) is 31.6. The second-order valence-electron chi connectivity index (χ2n) is 7.51. The summed E-state index contributed by atoms with van der Waals surface area (Å²) >= 11 is 0. The van der Waals surface area contributed by atoms with Gasteiger partial charge in [0.1, 0.15) is 11.3 Å². The van der Waals surface area contributed by atoms with Crippen LogP contribution in [0.2, 0.25) is 0 Å². The molecule has 0 aliphatic carbocycles. The number of nitrogens with zero attached hydrogens (tertiary/aromatic N) is 4. The Morgan fingerprint density at radius 2 is 2.00 bits per heavy atom. The number of fused-ring (bicyclic) bond motifs is 5. The van der Waals surface area contributed by atoms with Gasteiger partial charge < -0.3 is 13.9 Å². The van der Waals surface area contributed by atoms with Gasteiger partial charge in [0.05, 0.1) is 0 Å². The predicted octanol–water partition coefficient (Wildman–Crippen LogP) is 2.06. The molecule has 6 nitrogen and oxygen atoms in total. The SMILES string of the molecule is Cc1ccc2nc(C(=O)N3C[C@H]4C[C@@H](C3)c3cccc(=O)n3C4)cn2c1. The molecule has 1 amide bonds. The van der Waals surface area contributed by atoms with Crippen LogP contribution in [0.3, 0.4) is 0 Å². The summed E-state index contributed by atoms with van der Waals surface area (Å²) < 4.78 is 3.79. The monoisotopic (exact) mass is 348 g/mol. The van der Waals surface area contributed by atoms with E-state index >= 15 is 0 Å². The molecule has 2 atom stereocenters. The van der Waals surface area contributed by atoms with Crippen molar-refractivity contribution in [2.45, 2.75) is 25.8 Å². The number of pyridine rings is 2. The lowest BCUT2D eigenvalue weighted by Crippen LogP contribution is -2.49. The van der Waals surface area contributed by atoms with E-state index in [0.29, 0.717) is 31.2 Å². The number of aromatic nitrogens is 3. The van der Waals surface area contributed by atoms with Gasteiger partial charge in [-0.25, -0.2) is 4.98 Å². The van der Waals surface area contributed by atoms with Crippen LogP contribution in [0.5, 0.6) is 0 Å². The third kappa shape index (κ3) is 2.36. The van der Waals surface area contributed by atoms with Gasteiger partial charge in [-0.1, -0.05) is 12.1 Å². The normalized spacial score (nSPS) is 21.7. The van der Waals surface area contributed by atoms with Crippen molar-refractivity contribution in [3.63, 3.8) is 0 Å². The molecule has 0 aromatic carbocycles. The van der Waals surface area contributed by atoms with Gasteiger partial charge in [0.25, 0.3) is 11.5 Å². The van der Waals surface area contributed by atoms with Crippen LogP contribution in [-0.4, -0.2) is 37.8 Å². The van der Waals surface area contributed by atoms with Crippen LogP contribution in [0.1, 0.15) is 34.1 Å². The molecule has 3 aromatic heterocycles. The topological polar surface area (TPSA) is 59.6 Å². The van der Waals surface area contributed by atoms with Crippen molar-refractivity contribution in [1.82, 2.24) is 18.9 Å². The van der Waals surface area contributed by atoms with Crippen molar-refractivity contribution in [3.8, 4) is 0 Å². The summed E-state index contributed by atoms with van der Waals surface area (Å²) in [5, 5.41) is 0. The molecule has 3 aromatic rings. The molecular weight excluding hydrogens is 328 g/mol. The van der Waals surface area contributed by atoms with Crippen molar-refractivity contribution >= 4 is 11.6 Å². The van der Waals surface area contributed by atoms with Gasteiger partial charge in [-0.05, 0) is 37.0 Å². The fraction of sp³-hybridized carbons (Fsp3) is 0.350. The summed E-state index contributed by atoms with van der Waals surface area (Å²) in [6.07, 6.45) is 4.83. The van der Waals surface area contributed by atoms with Crippen LogP contribution in [0.4, 0.5) is 0 Å². The minimum atomic E-state index is -0.0206. The maximum absolute atomic E-state index is 13.0. The molecule has 1 saturated heterocycles. The molecule has 1 fully saturated rings.